The van der Waals surface area contributed by atoms with Gasteiger partial charge in [-0.1, -0.05) is 36.5 Å². The zero-order valence-corrected chi connectivity index (χ0v) is 17.5. The summed E-state index contributed by atoms with van der Waals surface area (Å²) in [5.74, 6) is -0.461. The fraction of sp³-hybridized carbons (Fsp3) is 0.375. The molecular formula is C16H19Cl2N3O3S2. The normalized spacial score (nSPS) is 11.7. The number of benzene rings is 1. The Hall–Kier alpha value is -1.19. The molecule has 2 rings (SSSR count). The maximum atomic E-state index is 13.0. The van der Waals surface area contributed by atoms with Gasteiger partial charge < -0.3 is 5.32 Å². The Labute approximate surface area is 167 Å². The van der Waals surface area contributed by atoms with Crippen molar-refractivity contribution in [3.05, 3.63) is 39.3 Å². The molecular weight excluding hydrogens is 417 g/mol. The maximum Gasteiger partial charge on any atom is 0.245 e. The van der Waals surface area contributed by atoms with Crippen molar-refractivity contribution in [1.82, 2.24) is 9.29 Å². The summed E-state index contributed by atoms with van der Waals surface area (Å²) in [5.41, 5.74) is 0.784. The Balaban J connectivity index is 2.24. The fourth-order valence-electron chi connectivity index (χ4n) is 2.16. The van der Waals surface area contributed by atoms with Gasteiger partial charge in [0.2, 0.25) is 15.9 Å². The van der Waals surface area contributed by atoms with Crippen LogP contribution in [-0.4, -0.2) is 36.7 Å². The molecule has 0 saturated heterocycles. The molecule has 0 atom stereocenters. The van der Waals surface area contributed by atoms with Crippen LogP contribution in [0.2, 0.25) is 10.0 Å². The van der Waals surface area contributed by atoms with E-state index in [1.165, 1.54) is 29.5 Å². The molecule has 0 aliphatic heterocycles. The van der Waals surface area contributed by atoms with Gasteiger partial charge in [0.1, 0.15) is 4.90 Å². The number of amides is 1. The molecule has 1 amide bonds. The second-order valence-electron chi connectivity index (χ2n) is 5.61. The number of rotatable bonds is 8. The van der Waals surface area contributed by atoms with Crippen LogP contribution in [0.25, 0.3) is 0 Å². The lowest BCUT2D eigenvalue weighted by atomic mass is 10.3. The van der Waals surface area contributed by atoms with Crippen molar-refractivity contribution in [2.45, 2.75) is 31.6 Å². The molecule has 1 aromatic heterocycles. The zero-order valence-electron chi connectivity index (χ0n) is 14.3. The number of thiazole rings is 1. The first-order chi connectivity index (χ1) is 12.2. The summed E-state index contributed by atoms with van der Waals surface area (Å²) in [4.78, 5) is 16.4. The second kappa shape index (κ2) is 9.14. The Morgan fingerprint density at radius 1 is 1.35 bits per heavy atom. The van der Waals surface area contributed by atoms with Gasteiger partial charge in [-0.05, 0) is 31.5 Å². The largest absolute Gasteiger partial charge is 0.301 e. The van der Waals surface area contributed by atoms with E-state index in [1.807, 2.05) is 13.8 Å². The van der Waals surface area contributed by atoms with E-state index in [0.717, 1.165) is 16.4 Å². The number of unbranched alkanes of at least 4 members (excludes halogenated alkanes) is 1. The van der Waals surface area contributed by atoms with Gasteiger partial charge in [-0.2, -0.15) is 4.31 Å². The fourth-order valence-corrected chi connectivity index (χ4v) is 5.04. The summed E-state index contributed by atoms with van der Waals surface area (Å²) >= 11 is 13.3. The number of carbonyl (C=O) groups excluding carboxylic acids is 1. The Morgan fingerprint density at radius 2 is 2.08 bits per heavy atom. The minimum absolute atomic E-state index is 0.0619. The van der Waals surface area contributed by atoms with Gasteiger partial charge in [0, 0.05) is 16.9 Å². The average molecular weight is 436 g/mol. The standard InChI is InChI=1S/C16H19Cl2N3O3S2/c1-3-4-7-21(9-15(22)20-16-19-11(2)10-25-16)26(23,24)14-8-12(17)5-6-13(14)18/h5-6,8,10H,3-4,7,9H2,1-2H3,(H,19,20,22). The number of nitrogens with zero attached hydrogens (tertiary/aromatic N) is 2. The molecule has 1 N–H and O–H groups in total. The van der Waals surface area contributed by atoms with Gasteiger partial charge in [-0.15, -0.1) is 11.3 Å². The van der Waals surface area contributed by atoms with Gasteiger partial charge in [0.25, 0.3) is 0 Å². The van der Waals surface area contributed by atoms with Crippen LogP contribution in [0.4, 0.5) is 5.13 Å². The third kappa shape index (κ3) is 5.40. The minimum Gasteiger partial charge on any atom is -0.301 e. The highest BCUT2D eigenvalue weighted by Crippen LogP contribution is 2.28. The summed E-state index contributed by atoms with van der Waals surface area (Å²) < 4.78 is 27.1. The highest BCUT2D eigenvalue weighted by Gasteiger charge is 2.28. The van der Waals surface area contributed by atoms with Gasteiger partial charge >= 0.3 is 0 Å². The number of halogens is 2. The Morgan fingerprint density at radius 3 is 2.69 bits per heavy atom. The van der Waals surface area contributed by atoms with Crippen molar-refractivity contribution in [3.8, 4) is 0 Å². The van der Waals surface area contributed by atoms with E-state index in [9.17, 15) is 13.2 Å². The van der Waals surface area contributed by atoms with Crippen molar-refractivity contribution in [2.24, 2.45) is 0 Å². The number of aromatic nitrogens is 1. The lowest BCUT2D eigenvalue weighted by molar-refractivity contribution is -0.116. The van der Waals surface area contributed by atoms with Crippen molar-refractivity contribution in [3.63, 3.8) is 0 Å². The summed E-state index contributed by atoms with van der Waals surface area (Å²) in [6.45, 7) is 3.62. The van der Waals surface area contributed by atoms with E-state index in [4.69, 9.17) is 23.2 Å². The third-order valence-corrected chi connectivity index (χ3v) is 6.89. The average Bonchev–Trinajstić information content (AvgIpc) is 2.98. The molecule has 1 aromatic carbocycles. The molecule has 0 unspecified atom stereocenters. The van der Waals surface area contributed by atoms with Crippen LogP contribution in [0.3, 0.4) is 0 Å². The number of carbonyl (C=O) groups is 1. The quantitative estimate of drug-likeness (QED) is 0.673. The van der Waals surface area contributed by atoms with E-state index in [0.29, 0.717) is 11.6 Å². The van der Waals surface area contributed by atoms with Gasteiger partial charge in [-0.3, -0.25) is 4.79 Å². The summed E-state index contributed by atoms with van der Waals surface area (Å²) in [5, 5.41) is 5.17. The SMILES string of the molecule is CCCCN(CC(=O)Nc1nc(C)cs1)S(=O)(=O)c1cc(Cl)ccc1Cl. The number of hydrogen-bond acceptors (Lipinski definition) is 5. The molecule has 0 bridgehead atoms. The number of nitrogens with one attached hydrogen (secondary N) is 1. The van der Waals surface area contributed by atoms with Crippen LogP contribution >= 0.6 is 34.5 Å². The summed E-state index contributed by atoms with van der Waals surface area (Å²) in [7, 11) is -3.97. The first-order valence-electron chi connectivity index (χ1n) is 7.91. The minimum atomic E-state index is -3.97. The number of hydrogen-bond donors (Lipinski definition) is 1. The van der Waals surface area contributed by atoms with Gasteiger partial charge in [0.15, 0.2) is 5.13 Å². The lowest BCUT2D eigenvalue weighted by Crippen LogP contribution is -2.38. The van der Waals surface area contributed by atoms with Crippen molar-refractivity contribution in [2.75, 3.05) is 18.4 Å². The predicted octanol–water partition coefficient (Wildman–Crippen LogP) is 4.19. The summed E-state index contributed by atoms with van der Waals surface area (Å²) in [6, 6.07) is 4.23. The molecule has 1 heterocycles. The van der Waals surface area contributed by atoms with Crippen LogP contribution in [0.15, 0.2) is 28.5 Å². The number of aryl methyl sites for hydroxylation is 1. The molecule has 0 spiro atoms. The molecule has 6 nitrogen and oxygen atoms in total. The number of anilines is 1. The first-order valence-corrected chi connectivity index (χ1v) is 11.0. The molecule has 0 aliphatic carbocycles. The second-order valence-corrected chi connectivity index (χ2v) is 9.22. The Bertz CT molecular complexity index is 885. The smallest absolute Gasteiger partial charge is 0.245 e. The zero-order chi connectivity index (χ0) is 19.3. The topological polar surface area (TPSA) is 79.4 Å². The van der Waals surface area contributed by atoms with Crippen molar-refractivity contribution in [1.29, 1.82) is 0 Å². The first kappa shape index (κ1) is 21.1. The van der Waals surface area contributed by atoms with E-state index < -0.39 is 15.9 Å². The van der Waals surface area contributed by atoms with E-state index in [-0.39, 0.29) is 28.0 Å². The highest BCUT2D eigenvalue weighted by atomic mass is 35.5. The molecule has 142 valence electrons. The Kier molecular flexibility index (Phi) is 7.42. The van der Waals surface area contributed by atoms with Crippen molar-refractivity contribution < 1.29 is 13.2 Å². The molecule has 26 heavy (non-hydrogen) atoms. The van der Waals surface area contributed by atoms with Crippen LogP contribution in [0.1, 0.15) is 25.5 Å². The predicted molar refractivity (Wildman–Crippen MR) is 106 cm³/mol. The van der Waals surface area contributed by atoms with Crippen LogP contribution in [0, 0.1) is 6.92 Å². The van der Waals surface area contributed by atoms with Crippen LogP contribution in [0.5, 0.6) is 0 Å². The van der Waals surface area contributed by atoms with Crippen LogP contribution < -0.4 is 5.32 Å². The van der Waals surface area contributed by atoms with E-state index in [2.05, 4.69) is 10.3 Å². The molecule has 0 saturated carbocycles. The van der Waals surface area contributed by atoms with E-state index >= 15 is 0 Å². The van der Waals surface area contributed by atoms with Crippen LogP contribution in [-0.2, 0) is 14.8 Å². The van der Waals surface area contributed by atoms with Gasteiger partial charge in [0.05, 0.1) is 17.3 Å². The number of sulfonamides is 1. The molecule has 2 aromatic rings. The van der Waals surface area contributed by atoms with Crippen molar-refractivity contribution >= 4 is 55.6 Å². The van der Waals surface area contributed by atoms with Gasteiger partial charge in [-0.25, -0.2) is 13.4 Å². The third-order valence-electron chi connectivity index (χ3n) is 3.46. The molecule has 10 heteroatoms. The molecule has 0 radical (unpaired) electrons. The highest BCUT2D eigenvalue weighted by molar-refractivity contribution is 7.89. The molecule has 0 fully saturated rings. The summed E-state index contributed by atoms with van der Waals surface area (Å²) in [6.07, 6.45) is 1.39. The maximum absolute atomic E-state index is 13.0. The molecule has 0 aliphatic rings. The van der Waals surface area contributed by atoms with E-state index in [1.54, 1.807) is 5.38 Å². The monoisotopic (exact) mass is 435 g/mol. The lowest BCUT2D eigenvalue weighted by Gasteiger charge is -2.22.